The van der Waals surface area contributed by atoms with Gasteiger partial charge in [-0.3, -0.25) is 0 Å². The van der Waals surface area contributed by atoms with Gasteiger partial charge in [-0.15, -0.1) is 0 Å². The molecule has 0 aliphatic rings. The van der Waals surface area contributed by atoms with Crippen molar-refractivity contribution in [3.63, 3.8) is 0 Å². The second-order valence-electron chi connectivity index (χ2n) is 2.54. The molecule has 0 saturated heterocycles. The van der Waals surface area contributed by atoms with Crippen LogP contribution < -0.4 is 0 Å². The highest BCUT2D eigenvalue weighted by atomic mass is 127. The number of rotatable bonds is 1. The number of halogens is 2. The predicted molar refractivity (Wildman–Crippen MR) is 60.9 cm³/mol. The molecule has 0 radical (unpaired) electrons. The van der Waals surface area contributed by atoms with Gasteiger partial charge in [-0.1, -0.05) is 6.07 Å². The Labute approximate surface area is 94.0 Å². The van der Waals surface area contributed by atoms with Gasteiger partial charge in [0, 0.05) is 8.04 Å². The third kappa shape index (κ3) is 2.20. The molecule has 1 aromatic rings. The first kappa shape index (κ1) is 10.0. The van der Waals surface area contributed by atoms with Crippen LogP contribution in [0.1, 0.15) is 11.1 Å². The van der Waals surface area contributed by atoms with Crippen molar-refractivity contribution in [1.29, 1.82) is 5.26 Å². The normalized spacial score (nSPS) is 9.50. The van der Waals surface area contributed by atoms with Gasteiger partial charge in [-0.25, -0.2) is 0 Å². The zero-order chi connectivity index (χ0) is 9.14. The summed E-state index contributed by atoms with van der Waals surface area (Å²) in [6.45, 7) is 2.03. The number of benzene rings is 1. The Morgan fingerprint density at radius 2 is 2.25 bits per heavy atom. The smallest absolute Gasteiger partial charge is 0.0669 e. The number of hydrogen-bond acceptors (Lipinski definition) is 1. The lowest BCUT2D eigenvalue weighted by Crippen LogP contribution is -1.87. The summed E-state index contributed by atoms with van der Waals surface area (Å²) in [5, 5.41) is 8.51. The maximum Gasteiger partial charge on any atom is 0.0669 e. The fourth-order valence-corrected chi connectivity index (χ4v) is 2.05. The van der Waals surface area contributed by atoms with Crippen molar-refractivity contribution >= 4 is 38.5 Å². The van der Waals surface area contributed by atoms with Crippen LogP contribution in [0, 0.1) is 21.8 Å². The molecule has 0 aliphatic carbocycles. The van der Waals surface area contributed by atoms with Crippen molar-refractivity contribution in [3.8, 4) is 6.07 Å². The molecule has 0 fully saturated rings. The van der Waals surface area contributed by atoms with Crippen LogP contribution >= 0.6 is 38.5 Å². The second kappa shape index (κ2) is 4.24. The lowest BCUT2D eigenvalue weighted by Gasteiger charge is -2.03. The van der Waals surface area contributed by atoms with Gasteiger partial charge in [0.2, 0.25) is 0 Å². The summed E-state index contributed by atoms with van der Waals surface area (Å²) in [5.74, 6) is 0. The van der Waals surface area contributed by atoms with Gasteiger partial charge < -0.3 is 0 Å². The Kier molecular flexibility index (Phi) is 3.53. The molecule has 1 rings (SSSR count). The average molecular weight is 336 g/mol. The molecule has 0 aliphatic heterocycles. The lowest BCUT2D eigenvalue weighted by atomic mass is 10.1. The highest BCUT2D eigenvalue weighted by Crippen LogP contribution is 2.24. The van der Waals surface area contributed by atoms with Crippen molar-refractivity contribution in [2.45, 2.75) is 13.3 Å². The van der Waals surface area contributed by atoms with E-state index >= 15 is 0 Å². The van der Waals surface area contributed by atoms with Crippen LogP contribution in [0.25, 0.3) is 0 Å². The molecule has 0 unspecified atom stereocenters. The Hall–Kier alpha value is -0.0800. The van der Waals surface area contributed by atoms with Crippen molar-refractivity contribution in [2.75, 3.05) is 0 Å². The Balaban J connectivity index is 3.14. The second-order valence-corrected chi connectivity index (χ2v) is 4.50. The van der Waals surface area contributed by atoms with Gasteiger partial charge in [0.25, 0.3) is 0 Å². The number of nitriles is 1. The van der Waals surface area contributed by atoms with Crippen molar-refractivity contribution in [3.05, 3.63) is 31.3 Å². The maximum absolute atomic E-state index is 8.51. The quantitative estimate of drug-likeness (QED) is 0.721. The monoisotopic (exact) mass is 335 g/mol. The molecule has 0 bridgehead atoms. The first-order valence-electron chi connectivity index (χ1n) is 3.46. The Morgan fingerprint density at radius 1 is 1.58 bits per heavy atom. The molecular formula is C9H7BrIN. The summed E-state index contributed by atoms with van der Waals surface area (Å²) in [6.07, 6.45) is 0.490. The van der Waals surface area contributed by atoms with Crippen LogP contribution in [0.5, 0.6) is 0 Å². The summed E-state index contributed by atoms with van der Waals surface area (Å²) in [7, 11) is 0. The number of nitrogens with zero attached hydrogens (tertiary/aromatic N) is 1. The van der Waals surface area contributed by atoms with E-state index in [1.165, 1.54) is 5.56 Å². The summed E-state index contributed by atoms with van der Waals surface area (Å²) < 4.78 is 2.29. The molecule has 0 N–H and O–H groups in total. The number of hydrogen-bond donors (Lipinski definition) is 0. The fourth-order valence-electron chi connectivity index (χ4n) is 0.991. The first-order valence-corrected chi connectivity index (χ1v) is 5.34. The molecule has 0 spiro atoms. The lowest BCUT2D eigenvalue weighted by molar-refractivity contribution is 1.23. The molecule has 3 heteroatoms. The SMILES string of the molecule is Cc1cc(CC#N)cc(I)c1Br. The minimum absolute atomic E-state index is 0.490. The fraction of sp³-hybridized carbons (Fsp3) is 0.222. The Morgan fingerprint density at radius 3 is 2.75 bits per heavy atom. The van der Waals surface area contributed by atoms with Gasteiger partial charge >= 0.3 is 0 Å². The predicted octanol–water partition coefficient (Wildman–Crippen LogP) is 3.43. The molecular weight excluding hydrogens is 329 g/mol. The zero-order valence-corrected chi connectivity index (χ0v) is 10.3. The summed E-state index contributed by atoms with van der Waals surface area (Å²) in [5.41, 5.74) is 2.27. The average Bonchev–Trinajstić information content (AvgIpc) is 2.01. The molecule has 0 atom stereocenters. The van der Waals surface area contributed by atoms with Gasteiger partial charge in [0.15, 0.2) is 0 Å². The number of aryl methyl sites for hydroxylation is 1. The van der Waals surface area contributed by atoms with E-state index < -0.39 is 0 Å². The van der Waals surface area contributed by atoms with Crippen molar-refractivity contribution in [2.24, 2.45) is 0 Å². The molecule has 0 heterocycles. The minimum atomic E-state index is 0.490. The molecule has 12 heavy (non-hydrogen) atoms. The molecule has 0 aromatic heterocycles. The van der Waals surface area contributed by atoms with Crippen LogP contribution in [0.3, 0.4) is 0 Å². The van der Waals surface area contributed by atoms with E-state index in [1.54, 1.807) is 0 Å². The zero-order valence-electron chi connectivity index (χ0n) is 6.56. The molecule has 0 amide bonds. The first-order chi connectivity index (χ1) is 5.65. The maximum atomic E-state index is 8.51. The van der Waals surface area contributed by atoms with E-state index in [2.05, 4.69) is 44.6 Å². The van der Waals surface area contributed by atoms with E-state index in [1.807, 2.05) is 19.1 Å². The summed E-state index contributed by atoms with van der Waals surface area (Å²) in [4.78, 5) is 0. The van der Waals surface area contributed by atoms with Gasteiger partial charge in [-0.2, -0.15) is 5.26 Å². The minimum Gasteiger partial charge on any atom is -0.198 e. The van der Waals surface area contributed by atoms with Crippen LogP contribution in [0.2, 0.25) is 0 Å². The highest BCUT2D eigenvalue weighted by Gasteiger charge is 2.02. The van der Waals surface area contributed by atoms with Crippen molar-refractivity contribution < 1.29 is 0 Å². The summed E-state index contributed by atoms with van der Waals surface area (Å²) >= 11 is 5.73. The molecule has 1 nitrogen and oxygen atoms in total. The van der Waals surface area contributed by atoms with E-state index in [0.717, 1.165) is 13.6 Å². The van der Waals surface area contributed by atoms with Crippen LogP contribution in [0.4, 0.5) is 0 Å². The van der Waals surface area contributed by atoms with E-state index in [4.69, 9.17) is 5.26 Å². The van der Waals surface area contributed by atoms with Gasteiger partial charge in [0.05, 0.1) is 12.5 Å². The molecule has 1 aromatic carbocycles. The standard InChI is InChI=1S/C9H7BrIN/c1-6-4-7(2-3-12)5-8(11)9(6)10/h4-5H,2H2,1H3. The largest absolute Gasteiger partial charge is 0.198 e. The van der Waals surface area contributed by atoms with E-state index in [0.29, 0.717) is 6.42 Å². The van der Waals surface area contributed by atoms with Crippen molar-refractivity contribution in [1.82, 2.24) is 0 Å². The van der Waals surface area contributed by atoms with E-state index in [9.17, 15) is 0 Å². The molecule has 0 saturated carbocycles. The van der Waals surface area contributed by atoms with Crippen LogP contribution in [-0.2, 0) is 6.42 Å². The van der Waals surface area contributed by atoms with Crippen LogP contribution in [0.15, 0.2) is 16.6 Å². The highest BCUT2D eigenvalue weighted by molar-refractivity contribution is 14.1. The third-order valence-corrected chi connectivity index (χ3v) is 4.20. The Bertz CT molecular complexity index is 318. The van der Waals surface area contributed by atoms with Crippen LogP contribution in [-0.4, -0.2) is 0 Å². The van der Waals surface area contributed by atoms with Gasteiger partial charge in [-0.05, 0) is 62.6 Å². The topological polar surface area (TPSA) is 23.8 Å². The van der Waals surface area contributed by atoms with E-state index in [-0.39, 0.29) is 0 Å². The summed E-state index contributed by atoms with van der Waals surface area (Å²) in [6, 6.07) is 6.21. The molecule has 62 valence electrons. The third-order valence-electron chi connectivity index (χ3n) is 1.55. The van der Waals surface area contributed by atoms with Gasteiger partial charge in [0.1, 0.15) is 0 Å².